The summed E-state index contributed by atoms with van der Waals surface area (Å²) in [6, 6.07) is -0.422. The Balaban J connectivity index is 4.17. The largest absolute Gasteiger partial charge is 0.396 e. The lowest BCUT2D eigenvalue weighted by molar-refractivity contribution is -0.133. The van der Waals surface area contributed by atoms with Crippen LogP contribution in [0.2, 0.25) is 0 Å². The molecule has 0 aromatic carbocycles. The summed E-state index contributed by atoms with van der Waals surface area (Å²) in [6.45, 7) is 7.63. The first-order valence-electron chi connectivity index (χ1n) is 7.69. The zero-order chi connectivity index (χ0) is 14.7. The summed E-state index contributed by atoms with van der Waals surface area (Å²) in [4.78, 5) is 14.1. The van der Waals surface area contributed by atoms with Gasteiger partial charge in [-0.2, -0.15) is 0 Å². The third kappa shape index (κ3) is 8.22. The number of nitrogens with two attached hydrogens (primary N) is 1. The van der Waals surface area contributed by atoms with Crippen molar-refractivity contribution < 1.29 is 9.90 Å². The Morgan fingerprint density at radius 1 is 1.11 bits per heavy atom. The van der Waals surface area contributed by atoms with Crippen molar-refractivity contribution >= 4 is 5.91 Å². The van der Waals surface area contributed by atoms with Crippen molar-refractivity contribution in [3.05, 3.63) is 0 Å². The molecule has 0 radical (unpaired) electrons. The third-order valence-electron chi connectivity index (χ3n) is 3.43. The molecule has 114 valence electrons. The molecule has 0 heterocycles. The fraction of sp³-hybridized carbons (Fsp3) is 0.933. The molecule has 0 saturated carbocycles. The monoisotopic (exact) mass is 272 g/mol. The van der Waals surface area contributed by atoms with Crippen molar-refractivity contribution in [3.63, 3.8) is 0 Å². The van der Waals surface area contributed by atoms with Gasteiger partial charge in [0.1, 0.15) is 0 Å². The Morgan fingerprint density at radius 2 is 1.68 bits per heavy atom. The topological polar surface area (TPSA) is 66.6 Å². The molecule has 0 aromatic heterocycles. The van der Waals surface area contributed by atoms with E-state index in [1.807, 2.05) is 18.7 Å². The molecule has 4 heteroatoms. The van der Waals surface area contributed by atoms with Gasteiger partial charge in [0.25, 0.3) is 0 Å². The van der Waals surface area contributed by atoms with Gasteiger partial charge in [-0.15, -0.1) is 0 Å². The third-order valence-corrected chi connectivity index (χ3v) is 3.43. The van der Waals surface area contributed by atoms with Crippen LogP contribution in [0.15, 0.2) is 0 Å². The lowest BCUT2D eigenvalue weighted by Crippen LogP contribution is -2.47. The molecular formula is C15H32N2O2. The number of amides is 1. The van der Waals surface area contributed by atoms with E-state index < -0.39 is 6.04 Å². The van der Waals surface area contributed by atoms with E-state index in [0.29, 0.717) is 13.0 Å². The lowest BCUT2D eigenvalue weighted by atomic mass is 10.0. The molecule has 0 aliphatic rings. The van der Waals surface area contributed by atoms with Gasteiger partial charge < -0.3 is 15.7 Å². The van der Waals surface area contributed by atoms with E-state index in [1.165, 1.54) is 19.3 Å². The van der Waals surface area contributed by atoms with Gasteiger partial charge in [0.05, 0.1) is 6.04 Å². The molecule has 0 fully saturated rings. The maximum absolute atomic E-state index is 12.2. The minimum Gasteiger partial charge on any atom is -0.396 e. The second-order valence-corrected chi connectivity index (χ2v) is 5.59. The molecule has 0 rings (SSSR count). The lowest BCUT2D eigenvalue weighted by Gasteiger charge is -2.27. The van der Waals surface area contributed by atoms with E-state index in [4.69, 9.17) is 10.8 Å². The van der Waals surface area contributed by atoms with E-state index in [9.17, 15) is 4.79 Å². The van der Waals surface area contributed by atoms with Crippen LogP contribution in [0.25, 0.3) is 0 Å². The molecule has 0 aliphatic heterocycles. The normalized spacial score (nSPS) is 12.7. The SMILES string of the molecule is CCCCCCCN(CCCO)C(=O)C(N)C(C)C. The number of aliphatic hydroxyl groups excluding tert-OH is 1. The number of nitrogens with zero attached hydrogens (tertiary/aromatic N) is 1. The van der Waals surface area contributed by atoms with E-state index in [1.54, 1.807) is 0 Å². The number of carbonyl (C=O) groups excluding carboxylic acids is 1. The molecule has 1 unspecified atom stereocenters. The van der Waals surface area contributed by atoms with Crippen molar-refractivity contribution in [3.8, 4) is 0 Å². The predicted octanol–water partition coefficient (Wildman–Crippen LogP) is 2.15. The van der Waals surface area contributed by atoms with Crippen LogP contribution in [-0.2, 0) is 4.79 Å². The average Bonchev–Trinajstić information content (AvgIpc) is 2.40. The molecule has 0 aromatic rings. The van der Waals surface area contributed by atoms with Gasteiger partial charge in [-0.05, 0) is 18.8 Å². The molecule has 1 amide bonds. The first-order valence-corrected chi connectivity index (χ1v) is 7.69. The highest BCUT2D eigenvalue weighted by Crippen LogP contribution is 2.08. The standard InChI is InChI=1S/C15H32N2O2/c1-4-5-6-7-8-10-17(11-9-12-18)15(19)14(16)13(2)3/h13-14,18H,4-12,16H2,1-3H3. The smallest absolute Gasteiger partial charge is 0.239 e. The van der Waals surface area contributed by atoms with Gasteiger partial charge in [0.2, 0.25) is 5.91 Å². The minimum atomic E-state index is -0.422. The van der Waals surface area contributed by atoms with Gasteiger partial charge in [0, 0.05) is 19.7 Å². The zero-order valence-electron chi connectivity index (χ0n) is 12.9. The van der Waals surface area contributed by atoms with Crippen LogP contribution in [0.3, 0.4) is 0 Å². The summed E-state index contributed by atoms with van der Waals surface area (Å²) in [5.41, 5.74) is 5.93. The number of carbonyl (C=O) groups is 1. The summed E-state index contributed by atoms with van der Waals surface area (Å²) >= 11 is 0. The predicted molar refractivity (Wildman–Crippen MR) is 79.9 cm³/mol. The number of aliphatic hydroxyl groups is 1. The second kappa shape index (κ2) is 11.2. The van der Waals surface area contributed by atoms with Gasteiger partial charge >= 0.3 is 0 Å². The van der Waals surface area contributed by atoms with E-state index in [2.05, 4.69) is 6.92 Å². The van der Waals surface area contributed by atoms with Crippen molar-refractivity contribution in [1.29, 1.82) is 0 Å². The van der Waals surface area contributed by atoms with Crippen LogP contribution in [0.4, 0.5) is 0 Å². The number of unbranched alkanes of at least 4 members (excludes halogenated alkanes) is 4. The fourth-order valence-corrected chi connectivity index (χ4v) is 2.00. The van der Waals surface area contributed by atoms with Gasteiger partial charge in [-0.25, -0.2) is 0 Å². The van der Waals surface area contributed by atoms with Gasteiger partial charge in [-0.1, -0.05) is 46.5 Å². The number of hydrogen-bond donors (Lipinski definition) is 2. The maximum atomic E-state index is 12.2. The van der Waals surface area contributed by atoms with Crippen LogP contribution >= 0.6 is 0 Å². The summed E-state index contributed by atoms with van der Waals surface area (Å²) in [6.07, 6.45) is 6.54. The van der Waals surface area contributed by atoms with Crippen molar-refractivity contribution in [2.75, 3.05) is 19.7 Å². The Bertz CT molecular complexity index is 232. The summed E-state index contributed by atoms with van der Waals surface area (Å²) in [5, 5.41) is 8.92. The second-order valence-electron chi connectivity index (χ2n) is 5.59. The Kier molecular flexibility index (Phi) is 10.9. The number of hydrogen-bond acceptors (Lipinski definition) is 3. The Hall–Kier alpha value is -0.610. The van der Waals surface area contributed by atoms with Crippen LogP contribution in [0.1, 0.15) is 59.3 Å². The minimum absolute atomic E-state index is 0.0268. The fourth-order valence-electron chi connectivity index (χ4n) is 2.00. The molecular weight excluding hydrogens is 240 g/mol. The number of rotatable bonds is 11. The highest BCUT2D eigenvalue weighted by Gasteiger charge is 2.22. The average molecular weight is 272 g/mol. The highest BCUT2D eigenvalue weighted by molar-refractivity contribution is 5.81. The quantitative estimate of drug-likeness (QED) is 0.566. The van der Waals surface area contributed by atoms with Gasteiger partial charge in [-0.3, -0.25) is 4.79 Å². The maximum Gasteiger partial charge on any atom is 0.239 e. The van der Waals surface area contributed by atoms with Crippen LogP contribution in [-0.4, -0.2) is 41.7 Å². The molecule has 1 atom stereocenters. The molecule has 3 N–H and O–H groups in total. The molecule has 19 heavy (non-hydrogen) atoms. The zero-order valence-corrected chi connectivity index (χ0v) is 12.9. The van der Waals surface area contributed by atoms with E-state index in [0.717, 1.165) is 19.4 Å². The molecule has 0 spiro atoms. The van der Waals surface area contributed by atoms with Crippen molar-refractivity contribution in [1.82, 2.24) is 4.90 Å². The van der Waals surface area contributed by atoms with Crippen molar-refractivity contribution in [2.45, 2.75) is 65.3 Å². The van der Waals surface area contributed by atoms with Crippen molar-refractivity contribution in [2.24, 2.45) is 11.7 Å². The summed E-state index contributed by atoms with van der Waals surface area (Å²) in [7, 11) is 0. The molecule has 4 nitrogen and oxygen atoms in total. The molecule has 0 aliphatic carbocycles. The van der Waals surface area contributed by atoms with E-state index >= 15 is 0 Å². The first kappa shape index (κ1) is 18.4. The first-order chi connectivity index (χ1) is 9.04. The highest BCUT2D eigenvalue weighted by atomic mass is 16.3. The molecule has 0 saturated heterocycles. The Morgan fingerprint density at radius 3 is 2.21 bits per heavy atom. The summed E-state index contributed by atoms with van der Waals surface area (Å²) in [5.74, 6) is 0.183. The van der Waals surface area contributed by atoms with E-state index in [-0.39, 0.29) is 18.4 Å². The van der Waals surface area contributed by atoms with Crippen LogP contribution in [0, 0.1) is 5.92 Å². The van der Waals surface area contributed by atoms with Gasteiger partial charge in [0.15, 0.2) is 0 Å². The molecule has 0 bridgehead atoms. The van der Waals surface area contributed by atoms with Crippen LogP contribution in [0.5, 0.6) is 0 Å². The van der Waals surface area contributed by atoms with Crippen LogP contribution < -0.4 is 5.73 Å². The Labute approximate surface area is 118 Å². The summed E-state index contributed by atoms with van der Waals surface area (Å²) < 4.78 is 0.